The maximum absolute atomic E-state index is 11.7. The molecule has 6 nitrogen and oxygen atoms in total. The van der Waals surface area contributed by atoms with Gasteiger partial charge in [0.1, 0.15) is 0 Å². The van der Waals surface area contributed by atoms with E-state index in [0.717, 1.165) is 25.9 Å². The first kappa shape index (κ1) is 15.7. The van der Waals surface area contributed by atoms with Crippen LogP contribution in [0.25, 0.3) is 0 Å². The molecule has 0 bridgehead atoms. The number of aryl methyl sites for hydroxylation is 1. The van der Waals surface area contributed by atoms with Crippen LogP contribution in [0.5, 0.6) is 0 Å². The van der Waals surface area contributed by atoms with Gasteiger partial charge in [-0.3, -0.25) is 9.48 Å². The number of hydrogen-bond acceptors (Lipinski definition) is 4. The summed E-state index contributed by atoms with van der Waals surface area (Å²) in [6, 6.07) is 1.74. The van der Waals surface area contributed by atoms with Gasteiger partial charge >= 0.3 is 0 Å². The van der Waals surface area contributed by atoms with Crippen LogP contribution in [0.3, 0.4) is 0 Å². The first-order chi connectivity index (χ1) is 9.24. The number of carbonyl (C=O) groups is 1. The smallest absolute Gasteiger partial charge is 0.236 e. The van der Waals surface area contributed by atoms with E-state index in [0.29, 0.717) is 13.2 Å². The van der Waals surface area contributed by atoms with Crippen molar-refractivity contribution in [3.8, 4) is 0 Å². The van der Waals surface area contributed by atoms with Gasteiger partial charge in [-0.25, -0.2) is 0 Å². The van der Waals surface area contributed by atoms with Crippen molar-refractivity contribution in [3.63, 3.8) is 0 Å². The van der Waals surface area contributed by atoms with Crippen molar-refractivity contribution in [1.29, 1.82) is 0 Å². The first-order valence-electron chi connectivity index (χ1n) is 6.71. The van der Waals surface area contributed by atoms with Crippen LogP contribution in [-0.2, 0) is 16.1 Å². The Hall–Kier alpha value is -1.40. The van der Waals surface area contributed by atoms with E-state index in [2.05, 4.69) is 15.7 Å². The van der Waals surface area contributed by atoms with E-state index < -0.39 is 0 Å². The van der Waals surface area contributed by atoms with Crippen molar-refractivity contribution in [2.75, 3.05) is 26.8 Å². The normalized spacial score (nSPS) is 12.3. The molecule has 0 saturated heterocycles. The molecule has 1 rings (SSSR count). The second-order valence-corrected chi connectivity index (χ2v) is 4.44. The molecular formula is C13H24N4O2. The second kappa shape index (κ2) is 9.52. The van der Waals surface area contributed by atoms with Crippen molar-refractivity contribution in [2.45, 2.75) is 32.4 Å². The minimum absolute atomic E-state index is 0.0372. The number of rotatable bonds is 10. The zero-order valence-electron chi connectivity index (χ0n) is 11.8. The summed E-state index contributed by atoms with van der Waals surface area (Å²) < 4.78 is 6.81. The molecule has 0 spiro atoms. The molecule has 1 atom stereocenters. The Morgan fingerprint density at radius 3 is 2.95 bits per heavy atom. The van der Waals surface area contributed by atoms with Crippen LogP contribution in [0.1, 0.15) is 19.8 Å². The average Bonchev–Trinajstić information content (AvgIpc) is 2.92. The van der Waals surface area contributed by atoms with E-state index in [-0.39, 0.29) is 11.9 Å². The van der Waals surface area contributed by atoms with Gasteiger partial charge in [0, 0.05) is 39.2 Å². The predicted octanol–water partition coefficient (Wildman–Crippen LogP) is 0.404. The van der Waals surface area contributed by atoms with Crippen molar-refractivity contribution in [2.24, 2.45) is 0 Å². The number of aromatic nitrogens is 2. The number of carbonyl (C=O) groups excluding carboxylic acids is 1. The lowest BCUT2D eigenvalue weighted by atomic mass is 10.3. The highest BCUT2D eigenvalue weighted by atomic mass is 16.5. The van der Waals surface area contributed by atoms with Gasteiger partial charge < -0.3 is 15.4 Å². The minimum Gasteiger partial charge on any atom is -0.385 e. The van der Waals surface area contributed by atoms with E-state index in [4.69, 9.17) is 4.74 Å². The topological polar surface area (TPSA) is 68.2 Å². The van der Waals surface area contributed by atoms with E-state index >= 15 is 0 Å². The number of hydrogen-bond donors (Lipinski definition) is 2. The number of nitrogens with zero attached hydrogens (tertiary/aromatic N) is 2. The molecule has 1 unspecified atom stereocenters. The van der Waals surface area contributed by atoms with Crippen LogP contribution >= 0.6 is 0 Å². The molecule has 0 radical (unpaired) electrons. The van der Waals surface area contributed by atoms with Crippen molar-refractivity contribution in [1.82, 2.24) is 20.4 Å². The van der Waals surface area contributed by atoms with Gasteiger partial charge in [0.2, 0.25) is 5.91 Å². The predicted molar refractivity (Wildman–Crippen MR) is 73.8 cm³/mol. The molecule has 1 aromatic rings. The summed E-state index contributed by atoms with van der Waals surface area (Å²) in [5, 5.41) is 10.2. The fourth-order valence-corrected chi connectivity index (χ4v) is 1.67. The van der Waals surface area contributed by atoms with E-state index in [1.165, 1.54) is 0 Å². The van der Waals surface area contributed by atoms with Gasteiger partial charge in [-0.1, -0.05) is 0 Å². The first-order valence-corrected chi connectivity index (χ1v) is 6.71. The van der Waals surface area contributed by atoms with Gasteiger partial charge in [0.05, 0.1) is 6.04 Å². The second-order valence-electron chi connectivity index (χ2n) is 4.44. The van der Waals surface area contributed by atoms with Crippen LogP contribution in [0.2, 0.25) is 0 Å². The number of ether oxygens (including phenoxy) is 1. The monoisotopic (exact) mass is 268 g/mol. The molecular weight excluding hydrogens is 244 g/mol. The summed E-state index contributed by atoms with van der Waals surface area (Å²) in [6.45, 7) is 4.87. The number of nitrogens with one attached hydrogen (secondary N) is 2. The standard InChI is InChI=1S/C13H24N4O2/c1-12(13(18)15-7-5-11-19-2)14-6-3-9-17-10-4-8-16-17/h4,8,10,12,14H,3,5-7,9,11H2,1-2H3,(H,15,18). The third-order valence-electron chi connectivity index (χ3n) is 2.79. The van der Waals surface area contributed by atoms with Gasteiger partial charge in [-0.2, -0.15) is 5.10 Å². The summed E-state index contributed by atoms with van der Waals surface area (Å²) in [7, 11) is 1.66. The maximum atomic E-state index is 11.7. The van der Waals surface area contributed by atoms with Crippen LogP contribution in [0, 0.1) is 0 Å². The average molecular weight is 268 g/mol. The summed E-state index contributed by atoms with van der Waals surface area (Å²) in [5.74, 6) is 0.0372. The fraction of sp³-hybridized carbons (Fsp3) is 0.692. The molecule has 0 aliphatic rings. The summed E-state index contributed by atoms with van der Waals surface area (Å²) >= 11 is 0. The zero-order valence-corrected chi connectivity index (χ0v) is 11.8. The molecule has 1 heterocycles. The van der Waals surface area contributed by atoms with Crippen LogP contribution in [-0.4, -0.2) is 48.5 Å². The minimum atomic E-state index is -0.167. The highest BCUT2D eigenvalue weighted by Crippen LogP contribution is 1.90. The van der Waals surface area contributed by atoms with Gasteiger partial charge in [0.25, 0.3) is 0 Å². The quantitative estimate of drug-likeness (QED) is 0.603. The lowest BCUT2D eigenvalue weighted by Crippen LogP contribution is -2.43. The Labute approximate surface area is 114 Å². The third-order valence-corrected chi connectivity index (χ3v) is 2.79. The molecule has 0 aromatic carbocycles. The van der Waals surface area contributed by atoms with Crippen LogP contribution in [0.15, 0.2) is 18.5 Å². The largest absolute Gasteiger partial charge is 0.385 e. The fourth-order valence-electron chi connectivity index (χ4n) is 1.67. The van der Waals surface area contributed by atoms with Crippen molar-refractivity contribution in [3.05, 3.63) is 18.5 Å². The Balaban J connectivity index is 2.02. The number of methoxy groups -OCH3 is 1. The molecule has 0 fully saturated rings. The molecule has 108 valence electrons. The molecule has 6 heteroatoms. The lowest BCUT2D eigenvalue weighted by molar-refractivity contribution is -0.122. The SMILES string of the molecule is COCCCNC(=O)C(C)NCCCn1cccn1. The molecule has 19 heavy (non-hydrogen) atoms. The Morgan fingerprint density at radius 2 is 2.26 bits per heavy atom. The molecule has 1 amide bonds. The van der Waals surface area contributed by atoms with E-state index in [1.807, 2.05) is 23.9 Å². The highest BCUT2D eigenvalue weighted by molar-refractivity contribution is 5.81. The van der Waals surface area contributed by atoms with Gasteiger partial charge in [0.15, 0.2) is 0 Å². The van der Waals surface area contributed by atoms with E-state index in [9.17, 15) is 4.79 Å². The Morgan fingerprint density at radius 1 is 1.42 bits per heavy atom. The Bertz CT molecular complexity index is 340. The van der Waals surface area contributed by atoms with E-state index in [1.54, 1.807) is 13.3 Å². The van der Waals surface area contributed by atoms with Crippen molar-refractivity contribution < 1.29 is 9.53 Å². The molecule has 0 aliphatic heterocycles. The summed E-state index contributed by atoms with van der Waals surface area (Å²) in [5.41, 5.74) is 0. The number of amides is 1. The van der Waals surface area contributed by atoms with Crippen LogP contribution in [0.4, 0.5) is 0 Å². The van der Waals surface area contributed by atoms with Gasteiger partial charge in [-0.05, 0) is 32.4 Å². The summed E-state index contributed by atoms with van der Waals surface area (Å²) in [6.07, 6.45) is 5.49. The lowest BCUT2D eigenvalue weighted by Gasteiger charge is -2.13. The Kier molecular flexibility index (Phi) is 7.84. The molecule has 0 saturated carbocycles. The zero-order chi connectivity index (χ0) is 13.9. The van der Waals surface area contributed by atoms with Gasteiger partial charge in [-0.15, -0.1) is 0 Å². The maximum Gasteiger partial charge on any atom is 0.236 e. The third kappa shape index (κ3) is 6.93. The molecule has 0 aliphatic carbocycles. The molecule has 1 aromatic heterocycles. The highest BCUT2D eigenvalue weighted by Gasteiger charge is 2.10. The summed E-state index contributed by atoms with van der Waals surface area (Å²) in [4.78, 5) is 11.7. The van der Waals surface area contributed by atoms with Crippen LogP contribution < -0.4 is 10.6 Å². The molecule has 2 N–H and O–H groups in total. The van der Waals surface area contributed by atoms with Crippen molar-refractivity contribution >= 4 is 5.91 Å².